The molecule has 0 aliphatic heterocycles. The molecule has 64 valence electrons. The van der Waals surface area contributed by atoms with Crippen LogP contribution in [0.15, 0.2) is 12.4 Å². The van der Waals surface area contributed by atoms with Gasteiger partial charge in [-0.1, -0.05) is 0 Å². The molecule has 1 aromatic rings. The molecule has 2 N–H and O–H groups in total. The molecule has 1 rings (SSSR count). The zero-order chi connectivity index (χ0) is 8.97. The lowest BCUT2D eigenvalue weighted by atomic mass is 10.3. The molecule has 0 fully saturated rings. The van der Waals surface area contributed by atoms with Crippen molar-refractivity contribution in [1.82, 2.24) is 15.3 Å². The molecule has 5 nitrogen and oxygen atoms in total. The summed E-state index contributed by atoms with van der Waals surface area (Å²) < 4.78 is 0. The van der Waals surface area contributed by atoms with Gasteiger partial charge in [0.05, 0.1) is 12.1 Å². The summed E-state index contributed by atoms with van der Waals surface area (Å²) in [6.07, 6.45) is 2.59. The third-order valence-electron chi connectivity index (χ3n) is 1.29. The Kier molecular flexibility index (Phi) is 2.71. The standard InChI is InChI=1S/C7H9N3O2/c1-8-4-6-9-2-5(3-10-6)7(11)12/h2-3,8H,4H2,1H3,(H,11,12). The van der Waals surface area contributed by atoms with Gasteiger partial charge in [0, 0.05) is 12.4 Å². The molecule has 0 aliphatic rings. The van der Waals surface area contributed by atoms with E-state index in [0.29, 0.717) is 12.4 Å². The molecular formula is C7H9N3O2. The van der Waals surface area contributed by atoms with Crippen molar-refractivity contribution < 1.29 is 9.90 Å². The smallest absolute Gasteiger partial charge is 0.338 e. The highest BCUT2D eigenvalue weighted by Crippen LogP contribution is 1.95. The van der Waals surface area contributed by atoms with Crippen molar-refractivity contribution in [1.29, 1.82) is 0 Å². The zero-order valence-electron chi connectivity index (χ0n) is 6.61. The number of carboxylic acid groups (broad SMARTS) is 1. The predicted octanol–water partition coefficient (Wildman–Crippen LogP) is -0.106. The SMILES string of the molecule is CNCc1ncc(C(=O)O)cn1. The monoisotopic (exact) mass is 167 g/mol. The molecular weight excluding hydrogens is 158 g/mol. The first-order valence-electron chi connectivity index (χ1n) is 3.43. The fourth-order valence-electron chi connectivity index (χ4n) is 0.715. The van der Waals surface area contributed by atoms with Crippen LogP contribution in [0.5, 0.6) is 0 Å². The van der Waals surface area contributed by atoms with Gasteiger partial charge < -0.3 is 10.4 Å². The van der Waals surface area contributed by atoms with E-state index in [-0.39, 0.29) is 5.56 Å². The van der Waals surface area contributed by atoms with Gasteiger partial charge in [-0.3, -0.25) is 0 Å². The van der Waals surface area contributed by atoms with Gasteiger partial charge in [-0.15, -0.1) is 0 Å². The van der Waals surface area contributed by atoms with Gasteiger partial charge in [0.25, 0.3) is 0 Å². The molecule has 0 saturated heterocycles. The minimum Gasteiger partial charge on any atom is -0.478 e. The first-order chi connectivity index (χ1) is 5.74. The van der Waals surface area contributed by atoms with Gasteiger partial charge in [-0.2, -0.15) is 0 Å². The van der Waals surface area contributed by atoms with Crippen LogP contribution in [0, 0.1) is 0 Å². The maximum absolute atomic E-state index is 10.4. The van der Waals surface area contributed by atoms with Crippen LogP contribution in [0.1, 0.15) is 16.2 Å². The molecule has 0 amide bonds. The van der Waals surface area contributed by atoms with E-state index in [2.05, 4.69) is 15.3 Å². The Morgan fingerprint density at radius 1 is 1.58 bits per heavy atom. The fraction of sp³-hybridized carbons (Fsp3) is 0.286. The summed E-state index contributed by atoms with van der Waals surface area (Å²) in [6.45, 7) is 0.542. The number of carbonyl (C=O) groups is 1. The Hall–Kier alpha value is -1.49. The topological polar surface area (TPSA) is 75.1 Å². The van der Waals surface area contributed by atoms with E-state index in [0.717, 1.165) is 0 Å². The van der Waals surface area contributed by atoms with Crippen molar-refractivity contribution in [3.63, 3.8) is 0 Å². The van der Waals surface area contributed by atoms with Gasteiger partial charge in [0.2, 0.25) is 0 Å². The molecule has 0 spiro atoms. The van der Waals surface area contributed by atoms with E-state index in [1.54, 1.807) is 7.05 Å². The van der Waals surface area contributed by atoms with E-state index in [1.807, 2.05) is 0 Å². The minimum absolute atomic E-state index is 0.106. The van der Waals surface area contributed by atoms with Crippen molar-refractivity contribution in [3.8, 4) is 0 Å². The number of hydrogen-bond acceptors (Lipinski definition) is 4. The van der Waals surface area contributed by atoms with Gasteiger partial charge >= 0.3 is 5.97 Å². The van der Waals surface area contributed by atoms with E-state index >= 15 is 0 Å². The third-order valence-corrected chi connectivity index (χ3v) is 1.29. The lowest BCUT2D eigenvalue weighted by Gasteiger charge is -1.97. The third kappa shape index (κ3) is 2.00. The largest absolute Gasteiger partial charge is 0.478 e. The summed E-state index contributed by atoms with van der Waals surface area (Å²) >= 11 is 0. The number of nitrogens with one attached hydrogen (secondary N) is 1. The Bertz CT molecular complexity index is 270. The van der Waals surface area contributed by atoms with Crippen molar-refractivity contribution >= 4 is 5.97 Å². The predicted molar refractivity (Wildman–Crippen MR) is 41.8 cm³/mol. The number of nitrogens with zero attached hydrogens (tertiary/aromatic N) is 2. The van der Waals surface area contributed by atoms with Crippen LogP contribution in [0.3, 0.4) is 0 Å². The molecule has 0 radical (unpaired) electrons. The Balaban J connectivity index is 2.78. The molecule has 12 heavy (non-hydrogen) atoms. The number of rotatable bonds is 3. The van der Waals surface area contributed by atoms with Crippen LogP contribution in [0.4, 0.5) is 0 Å². The molecule has 0 aromatic carbocycles. The fourth-order valence-corrected chi connectivity index (χ4v) is 0.715. The van der Waals surface area contributed by atoms with Crippen molar-refractivity contribution in [3.05, 3.63) is 23.8 Å². The first kappa shape index (κ1) is 8.61. The number of aromatic nitrogens is 2. The average molecular weight is 167 g/mol. The van der Waals surface area contributed by atoms with Gasteiger partial charge in [0.15, 0.2) is 0 Å². The quantitative estimate of drug-likeness (QED) is 0.657. The Morgan fingerprint density at radius 2 is 2.17 bits per heavy atom. The van der Waals surface area contributed by atoms with Crippen molar-refractivity contribution in [2.45, 2.75) is 6.54 Å². The molecule has 0 bridgehead atoms. The molecule has 0 atom stereocenters. The highest BCUT2D eigenvalue weighted by molar-refractivity contribution is 5.86. The lowest BCUT2D eigenvalue weighted by Crippen LogP contribution is -2.10. The van der Waals surface area contributed by atoms with E-state index in [1.165, 1.54) is 12.4 Å². The molecule has 5 heteroatoms. The van der Waals surface area contributed by atoms with Crippen LogP contribution in [0.2, 0.25) is 0 Å². The molecule has 0 saturated carbocycles. The number of carboxylic acids is 1. The summed E-state index contributed by atoms with van der Waals surface area (Å²) in [5, 5.41) is 11.4. The van der Waals surface area contributed by atoms with Gasteiger partial charge in [0.1, 0.15) is 5.82 Å². The second-order valence-corrected chi connectivity index (χ2v) is 2.22. The number of hydrogen-bond donors (Lipinski definition) is 2. The van der Waals surface area contributed by atoms with Crippen molar-refractivity contribution in [2.24, 2.45) is 0 Å². The lowest BCUT2D eigenvalue weighted by molar-refractivity contribution is 0.0696. The Morgan fingerprint density at radius 3 is 2.58 bits per heavy atom. The zero-order valence-corrected chi connectivity index (χ0v) is 6.61. The second kappa shape index (κ2) is 3.77. The first-order valence-corrected chi connectivity index (χ1v) is 3.43. The maximum atomic E-state index is 10.4. The van der Waals surface area contributed by atoms with Gasteiger partial charge in [-0.25, -0.2) is 14.8 Å². The molecule has 0 unspecified atom stereocenters. The summed E-state index contributed by atoms with van der Waals surface area (Å²) in [4.78, 5) is 18.0. The highest BCUT2D eigenvalue weighted by atomic mass is 16.4. The Labute approximate surface area is 69.5 Å². The minimum atomic E-state index is -1.01. The van der Waals surface area contributed by atoms with Crippen LogP contribution in [-0.2, 0) is 6.54 Å². The summed E-state index contributed by atoms with van der Waals surface area (Å²) in [7, 11) is 1.77. The normalized spacial score (nSPS) is 9.75. The second-order valence-electron chi connectivity index (χ2n) is 2.22. The van der Waals surface area contributed by atoms with Crippen molar-refractivity contribution in [2.75, 3.05) is 7.05 Å². The summed E-state index contributed by atoms with van der Waals surface area (Å²) in [5.41, 5.74) is 0.106. The van der Waals surface area contributed by atoms with Crippen LogP contribution >= 0.6 is 0 Å². The van der Waals surface area contributed by atoms with Crippen LogP contribution in [0.25, 0.3) is 0 Å². The summed E-state index contributed by atoms with van der Waals surface area (Å²) in [5.74, 6) is -0.423. The van der Waals surface area contributed by atoms with E-state index in [9.17, 15) is 4.79 Å². The van der Waals surface area contributed by atoms with Crippen LogP contribution in [-0.4, -0.2) is 28.1 Å². The molecule has 1 aromatic heterocycles. The maximum Gasteiger partial charge on any atom is 0.338 e. The van der Waals surface area contributed by atoms with E-state index in [4.69, 9.17) is 5.11 Å². The number of aromatic carboxylic acids is 1. The molecule has 1 heterocycles. The summed E-state index contributed by atoms with van der Waals surface area (Å²) in [6, 6.07) is 0. The van der Waals surface area contributed by atoms with Crippen LogP contribution < -0.4 is 5.32 Å². The van der Waals surface area contributed by atoms with E-state index < -0.39 is 5.97 Å². The highest BCUT2D eigenvalue weighted by Gasteiger charge is 2.02. The van der Waals surface area contributed by atoms with Gasteiger partial charge in [-0.05, 0) is 7.05 Å². The molecule has 0 aliphatic carbocycles. The average Bonchev–Trinajstić information content (AvgIpc) is 2.06.